The van der Waals surface area contributed by atoms with Crippen LogP contribution in [0.1, 0.15) is 55.2 Å². The Morgan fingerprint density at radius 2 is 1.72 bits per heavy atom. The van der Waals surface area contributed by atoms with Crippen molar-refractivity contribution in [3.8, 4) is 5.75 Å². The van der Waals surface area contributed by atoms with Gasteiger partial charge < -0.3 is 9.64 Å². The van der Waals surface area contributed by atoms with Crippen molar-refractivity contribution in [3.63, 3.8) is 0 Å². The lowest BCUT2D eigenvalue weighted by Crippen LogP contribution is -2.58. The zero-order chi connectivity index (χ0) is 22.2. The van der Waals surface area contributed by atoms with E-state index < -0.39 is 23.6 Å². The van der Waals surface area contributed by atoms with Crippen molar-refractivity contribution in [1.29, 1.82) is 0 Å². The highest BCUT2D eigenvalue weighted by molar-refractivity contribution is 5.79. The van der Waals surface area contributed by atoms with Crippen LogP contribution in [-0.4, -0.2) is 46.3 Å². The third kappa shape index (κ3) is 4.03. The summed E-state index contributed by atoms with van der Waals surface area (Å²) in [7, 11) is 0. The van der Waals surface area contributed by atoms with Gasteiger partial charge in [-0.1, -0.05) is 12.8 Å². The van der Waals surface area contributed by atoms with Crippen LogP contribution >= 0.6 is 0 Å². The van der Waals surface area contributed by atoms with Gasteiger partial charge in [-0.05, 0) is 48.1 Å². The third-order valence-corrected chi connectivity index (χ3v) is 6.36. The van der Waals surface area contributed by atoms with E-state index in [1.165, 1.54) is 34.9 Å². The molecular weight excluding hydrogens is 421 g/mol. The van der Waals surface area contributed by atoms with Crippen LogP contribution in [0.4, 0.5) is 18.0 Å². The number of pyridine rings is 1. The first kappa shape index (κ1) is 20.8. The first-order chi connectivity index (χ1) is 15.5. The molecule has 6 nitrogen and oxygen atoms in total. The molecule has 1 aromatic carbocycles. The van der Waals surface area contributed by atoms with E-state index in [1.807, 2.05) is 0 Å². The number of aromatic nitrogens is 1. The van der Waals surface area contributed by atoms with Crippen molar-refractivity contribution in [2.75, 3.05) is 13.1 Å². The molecule has 3 heterocycles. The second-order valence-electron chi connectivity index (χ2n) is 8.56. The number of likely N-dealkylation sites (tertiary alicyclic amines) is 1. The predicted molar refractivity (Wildman–Crippen MR) is 111 cm³/mol. The van der Waals surface area contributed by atoms with Gasteiger partial charge in [0.05, 0.1) is 19.1 Å². The number of rotatable bonds is 4. The average molecular weight is 444 g/mol. The van der Waals surface area contributed by atoms with Crippen molar-refractivity contribution in [1.82, 2.24) is 14.9 Å². The molecule has 0 spiro atoms. The van der Waals surface area contributed by atoms with E-state index in [0.717, 1.165) is 24.5 Å². The van der Waals surface area contributed by atoms with Crippen LogP contribution < -0.4 is 4.74 Å². The SMILES string of the molecule is O=C(N1CC(Oc2cc(C3CCCC3)cnc2F)C1)N1N=CCC1c1cc(F)cc(F)c1. The molecule has 2 aromatic rings. The van der Waals surface area contributed by atoms with Crippen LogP contribution in [-0.2, 0) is 0 Å². The van der Waals surface area contributed by atoms with Gasteiger partial charge in [-0.2, -0.15) is 9.49 Å². The van der Waals surface area contributed by atoms with E-state index >= 15 is 0 Å². The molecule has 1 saturated carbocycles. The molecule has 168 valence electrons. The van der Waals surface area contributed by atoms with E-state index in [-0.39, 0.29) is 31.0 Å². The molecule has 0 bridgehead atoms. The lowest BCUT2D eigenvalue weighted by atomic mass is 9.99. The Labute approximate surface area is 183 Å². The van der Waals surface area contributed by atoms with Crippen LogP contribution in [0.5, 0.6) is 5.75 Å². The number of halogens is 3. The molecule has 5 rings (SSSR count). The predicted octanol–water partition coefficient (Wildman–Crippen LogP) is 4.77. The minimum atomic E-state index is -0.702. The number of ether oxygens (including phenoxy) is 1. The number of hydrogen-bond acceptors (Lipinski definition) is 4. The molecule has 9 heteroatoms. The van der Waals surface area contributed by atoms with Crippen LogP contribution in [0.2, 0.25) is 0 Å². The molecule has 2 aliphatic heterocycles. The van der Waals surface area contributed by atoms with Gasteiger partial charge in [0.25, 0.3) is 5.95 Å². The Balaban J connectivity index is 1.21. The Morgan fingerprint density at radius 1 is 1.00 bits per heavy atom. The van der Waals surface area contributed by atoms with Gasteiger partial charge in [-0.25, -0.2) is 23.6 Å². The van der Waals surface area contributed by atoms with Gasteiger partial charge in [-0.15, -0.1) is 0 Å². The van der Waals surface area contributed by atoms with Crippen molar-refractivity contribution in [2.24, 2.45) is 5.10 Å². The molecule has 3 aliphatic rings. The summed E-state index contributed by atoms with van der Waals surface area (Å²) in [6.45, 7) is 0.532. The summed E-state index contributed by atoms with van der Waals surface area (Å²) in [6.07, 6.45) is 7.62. The number of benzene rings is 1. The molecule has 1 aliphatic carbocycles. The van der Waals surface area contributed by atoms with E-state index in [0.29, 0.717) is 17.9 Å². The number of amides is 2. The van der Waals surface area contributed by atoms with E-state index in [2.05, 4.69) is 10.1 Å². The lowest BCUT2D eigenvalue weighted by molar-refractivity contribution is 0.0252. The number of carbonyl (C=O) groups excluding carboxylic acids is 1. The van der Waals surface area contributed by atoms with Crippen molar-refractivity contribution >= 4 is 12.2 Å². The zero-order valence-electron chi connectivity index (χ0n) is 17.4. The number of urea groups is 1. The molecule has 0 radical (unpaired) electrons. The fourth-order valence-corrected chi connectivity index (χ4v) is 4.64. The number of nitrogens with zero attached hydrogens (tertiary/aromatic N) is 4. The highest BCUT2D eigenvalue weighted by Crippen LogP contribution is 2.36. The van der Waals surface area contributed by atoms with Crippen molar-refractivity contribution in [3.05, 3.63) is 59.2 Å². The summed E-state index contributed by atoms with van der Waals surface area (Å²) >= 11 is 0. The first-order valence-corrected chi connectivity index (χ1v) is 10.9. The van der Waals surface area contributed by atoms with Gasteiger partial charge in [0.1, 0.15) is 17.7 Å². The molecule has 1 saturated heterocycles. The summed E-state index contributed by atoms with van der Waals surface area (Å²) in [4.78, 5) is 18.2. The number of carbonyl (C=O) groups is 1. The number of hydrazone groups is 1. The lowest BCUT2D eigenvalue weighted by Gasteiger charge is -2.41. The van der Waals surface area contributed by atoms with Crippen LogP contribution in [0.15, 0.2) is 35.6 Å². The molecule has 1 atom stereocenters. The normalized spacial score (nSPS) is 21.3. The maximum atomic E-state index is 14.2. The van der Waals surface area contributed by atoms with E-state index in [1.54, 1.807) is 18.5 Å². The standard InChI is InChI=1S/C23H23F3N4O2/c24-17-7-15(8-18(25)10-17)20-5-6-28-30(20)23(31)29-12-19(13-29)32-21-9-16(11-27-22(21)26)14-3-1-2-4-14/h6-11,14,19-20H,1-5,12-13H2. The quantitative estimate of drug-likeness (QED) is 0.639. The minimum absolute atomic E-state index is 0.110. The molecule has 0 N–H and O–H groups in total. The monoisotopic (exact) mass is 444 g/mol. The van der Waals surface area contributed by atoms with Crippen LogP contribution in [0, 0.1) is 17.6 Å². The molecule has 1 unspecified atom stereocenters. The van der Waals surface area contributed by atoms with Crippen molar-refractivity contribution < 1.29 is 22.7 Å². The Bertz CT molecular complexity index is 1030. The van der Waals surface area contributed by atoms with Crippen LogP contribution in [0.25, 0.3) is 0 Å². The van der Waals surface area contributed by atoms with Crippen molar-refractivity contribution in [2.45, 2.75) is 50.2 Å². The van der Waals surface area contributed by atoms with Gasteiger partial charge in [0.15, 0.2) is 5.75 Å². The molecule has 2 amide bonds. The molecule has 1 aromatic heterocycles. The van der Waals surface area contributed by atoms with Crippen LogP contribution in [0.3, 0.4) is 0 Å². The third-order valence-electron chi connectivity index (χ3n) is 6.36. The summed E-state index contributed by atoms with van der Waals surface area (Å²) < 4.78 is 47.2. The highest BCUT2D eigenvalue weighted by Gasteiger charge is 2.39. The second kappa shape index (κ2) is 8.44. The molecular formula is C23H23F3N4O2. The average Bonchev–Trinajstić information content (AvgIpc) is 3.42. The number of hydrogen-bond donors (Lipinski definition) is 0. The van der Waals surface area contributed by atoms with E-state index in [4.69, 9.17) is 4.74 Å². The Kier molecular flexibility index (Phi) is 5.48. The highest BCUT2D eigenvalue weighted by atomic mass is 19.1. The maximum Gasteiger partial charge on any atom is 0.341 e. The molecule has 32 heavy (non-hydrogen) atoms. The summed E-state index contributed by atoms with van der Waals surface area (Å²) in [5, 5.41) is 5.33. The summed E-state index contributed by atoms with van der Waals surface area (Å²) in [5.41, 5.74) is 1.33. The smallest absolute Gasteiger partial charge is 0.341 e. The largest absolute Gasteiger partial charge is 0.482 e. The fraction of sp³-hybridized carbons (Fsp3) is 0.435. The Morgan fingerprint density at radius 3 is 2.44 bits per heavy atom. The molecule has 2 fully saturated rings. The maximum absolute atomic E-state index is 14.2. The van der Waals surface area contributed by atoms with Gasteiger partial charge in [0, 0.05) is 24.9 Å². The Hall–Kier alpha value is -3.10. The minimum Gasteiger partial charge on any atom is -0.482 e. The zero-order valence-corrected chi connectivity index (χ0v) is 17.4. The van der Waals surface area contributed by atoms with E-state index in [9.17, 15) is 18.0 Å². The fourth-order valence-electron chi connectivity index (χ4n) is 4.64. The topological polar surface area (TPSA) is 58.0 Å². The van der Waals surface area contributed by atoms with Gasteiger partial charge >= 0.3 is 6.03 Å². The summed E-state index contributed by atoms with van der Waals surface area (Å²) in [6, 6.07) is 3.97. The second-order valence-corrected chi connectivity index (χ2v) is 8.56. The first-order valence-electron chi connectivity index (χ1n) is 10.9. The van der Waals surface area contributed by atoms with Gasteiger partial charge in [0.2, 0.25) is 0 Å². The summed E-state index contributed by atoms with van der Waals surface area (Å²) in [5.74, 6) is -1.56. The van der Waals surface area contributed by atoms with Gasteiger partial charge in [-0.3, -0.25) is 0 Å².